The van der Waals surface area contributed by atoms with E-state index in [1.54, 1.807) is 0 Å². The van der Waals surface area contributed by atoms with E-state index in [1.165, 1.54) is 25.7 Å². The molecule has 0 aromatic heterocycles. The van der Waals surface area contributed by atoms with Gasteiger partial charge in [-0.3, -0.25) is 5.01 Å². The summed E-state index contributed by atoms with van der Waals surface area (Å²) in [6.07, 6.45) is 5.17. The van der Waals surface area contributed by atoms with Crippen LogP contribution in [0.25, 0.3) is 0 Å². The van der Waals surface area contributed by atoms with E-state index in [4.69, 9.17) is 0 Å². The molecule has 1 rings (SSSR count). The van der Waals surface area contributed by atoms with E-state index in [0.717, 1.165) is 12.5 Å². The number of hydrogen-bond donors (Lipinski definition) is 0. The lowest BCUT2D eigenvalue weighted by Gasteiger charge is -2.23. The van der Waals surface area contributed by atoms with E-state index >= 15 is 0 Å². The number of unbranched alkanes of at least 4 members (excludes halogenated alkanes) is 1. The van der Waals surface area contributed by atoms with Gasteiger partial charge in [-0.25, -0.2) is 0 Å². The highest BCUT2D eigenvalue weighted by Crippen LogP contribution is 2.23. The molecule has 1 aliphatic rings. The van der Waals surface area contributed by atoms with Crippen LogP contribution in [0.3, 0.4) is 0 Å². The standard InChI is InChI=1S/C14H29N3/c1-11(2)8-6-7-9-14-13(5)17(16-15-14)10-12(3)4/h11-14H,6-10H2,1-5H3. The van der Waals surface area contributed by atoms with E-state index in [-0.39, 0.29) is 0 Å². The number of hydrogen-bond acceptors (Lipinski definition) is 3. The molecule has 1 aliphatic heterocycles. The molecule has 3 nitrogen and oxygen atoms in total. The van der Waals surface area contributed by atoms with Crippen molar-refractivity contribution in [2.24, 2.45) is 22.2 Å². The predicted molar refractivity (Wildman–Crippen MR) is 73.0 cm³/mol. The van der Waals surface area contributed by atoms with Crippen LogP contribution in [0.4, 0.5) is 0 Å². The van der Waals surface area contributed by atoms with E-state index < -0.39 is 0 Å². The lowest BCUT2D eigenvalue weighted by atomic mass is 10.00. The lowest BCUT2D eigenvalue weighted by Crippen LogP contribution is -2.34. The summed E-state index contributed by atoms with van der Waals surface area (Å²) in [6.45, 7) is 12.4. The summed E-state index contributed by atoms with van der Waals surface area (Å²) in [5.41, 5.74) is 0. The quantitative estimate of drug-likeness (QED) is 0.609. The summed E-state index contributed by atoms with van der Waals surface area (Å²) in [7, 11) is 0. The Balaban J connectivity index is 2.21. The highest BCUT2D eigenvalue weighted by atomic mass is 15.6. The van der Waals surface area contributed by atoms with Gasteiger partial charge in [-0.05, 0) is 25.2 Å². The van der Waals surface area contributed by atoms with Crippen molar-refractivity contribution in [1.29, 1.82) is 0 Å². The Morgan fingerprint density at radius 2 is 1.76 bits per heavy atom. The maximum atomic E-state index is 4.42. The average Bonchev–Trinajstić information content (AvgIpc) is 2.55. The van der Waals surface area contributed by atoms with Crippen molar-refractivity contribution in [3.8, 4) is 0 Å². The van der Waals surface area contributed by atoms with Gasteiger partial charge in [-0.15, -0.1) is 0 Å². The molecule has 0 amide bonds. The Morgan fingerprint density at radius 3 is 2.35 bits per heavy atom. The van der Waals surface area contributed by atoms with Crippen molar-refractivity contribution >= 4 is 0 Å². The Labute approximate surface area is 107 Å². The van der Waals surface area contributed by atoms with E-state index in [0.29, 0.717) is 18.0 Å². The molecule has 0 N–H and O–H groups in total. The van der Waals surface area contributed by atoms with Crippen molar-refractivity contribution < 1.29 is 0 Å². The normalized spacial score (nSPS) is 24.3. The van der Waals surface area contributed by atoms with E-state index in [1.807, 2.05) is 0 Å². The van der Waals surface area contributed by atoms with Crippen LogP contribution >= 0.6 is 0 Å². The van der Waals surface area contributed by atoms with Crippen molar-refractivity contribution in [3.63, 3.8) is 0 Å². The average molecular weight is 239 g/mol. The summed E-state index contributed by atoms with van der Waals surface area (Å²) in [5, 5.41) is 10.9. The summed E-state index contributed by atoms with van der Waals surface area (Å²) >= 11 is 0. The van der Waals surface area contributed by atoms with Gasteiger partial charge in [0.15, 0.2) is 0 Å². The van der Waals surface area contributed by atoms with Gasteiger partial charge in [-0.1, -0.05) is 52.2 Å². The molecular formula is C14H29N3. The first kappa shape index (κ1) is 14.5. The molecule has 2 atom stereocenters. The second kappa shape index (κ2) is 6.97. The SMILES string of the molecule is CC(C)CCCCC1N=NN(CC(C)C)C1C. The summed E-state index contributed by atoms with van der Waals surface area (Å²) in [5.74, 6) is 1.49. The maximum Gasteiger partial charge on any atom is 0.0946 e. The van der Waals surface area contributed by atoms with Crippen LogP contribution in [-0.2, 0) is 0 Å². The largest absolute Gasteiger partial charge is 0.274 e. The minimum atomic E-state index is 0.431. The minimum Gasteiger partial charge on any atom is -0.274 e. The number of nitrogens with zero attached hydrogens (tertiary/aromatic N) is 3. The third-order valence-electron chi connectivity index (χ3n) is 3.43. The van der Waals surface area contributed by atoms with E-state index in [9.17, 15) is 0 Å². The summed E-state index contributed by atoms with van der Waals surface area (Å²) in [4.78, 5) is 0. The van der Waals surface area contributed by atoms with Crippen LogP contribution < -0.4 is 0 Å². The smallest absolute Gasteiger partial charge is 0.0946 e. The molecule has 0 fully saturated rings. The van der Waals surface area contributed by atoms with E-state index in [2.05, 4.69) is 50.0 Å². The second-order valence-corrected chi connectivity index (χ2v) is 6.21. The lowest BCUT2D eigenvalue weighted by molar-refractivity contribution is 0.205. The monoisotopic (exact) mass is 239 g/mol. The van der Waals surface area contributed by atoms with Crippen LogP contribution in [-0.4, -0.2) is 23.6 Å². The van der Waals surface area contributed by atoms with Crippen molar-refractivity contribution in [2.75, 3.05) is 6.54 Å². The Morgan fingerprint density at radius 1 is 1.06 bits per heavy atom. The van der Waals surface area contributed by atoms with Gasteiger partial charge in [0, 0.05) is 6.54 Å². The van der Waals surface area contributed by atoms with Crippen LogP contribution in [0.15, 0.2) is 10.3 Å². The van der Waals surface area contributed by atoms with Gasteiger partial charge in [0.1, 0.15) is 0 Å². The topological polar surface area (TPSA) is 28.0 Å². The molecular weight excluding hydrogens is 210 g/mol. The first-order valence-corrected chi connectivity index (χ1v) is 7.18. The summed E-state index contributed by atoms with van der Waals surface area (Å²) in [6, 6.07) is 0.928. The molecule has 0 radical (unpaired) electrons. The molecule has 0 saturated carbocycles. The molecule has 0 spiro atoms. The zero-order valence-electron chi connectivity index (χ0n) is 12.2. The van der Waals surface area contributed by atoms with Crippen LogP contribution in [0.2, 0.25) is 0 Å². The molecule has 0 aromatic carbocycles. The zero-order valence-corrected chi connectivity index (χ0v) is 12.2. The zero-order chi connectivity index (χ0) is 12.8. The molecule has 2 unspecified atom stereocenters. The highest BCUT2D eigenvalue weighted by Gasteiger charge is 2.28. The highest BCUT2D eigenvalue weighted by molar-refractivity contribution is 4.83. The predicted octanol–water partition coefficient (Wildman–Crippen LogP) is 4.30. The third-order valence-corrected chi connectivity index (χ3v) is 3.43. The Bertz CT molecular complexity index is 236. The fourth-order valence-electron chi connectivity index (χ4n) is 2.29. The molecule has 0 aromatic rings. The number of rotatable bonds is 7. The van der Waals surface area contributed by atoms with Gasteiger partial charge in [-0.2, -0.15) is 5.11 Å². The first-order chi connectivity index (χ1) is 8.00. The van der Waals surface area contributed by atoms with Gasteiger partial charge >= 0.3 is 0 Å². The molecule has 3 heteroatoms. The fourth-order valence-corrected chi connectivity index (χ4v) is 2.29. The summed E-state index contributed by atoms with van der Waals surface area (Å²) < 4.78 is 0. The van der Waals surface area contributed by atoms with Crippen LogP contribution in [0.5, 0.6) is 0 Å². The Kier molecular flexibility index (Phi) is 5.93. The minimum absolute atomic E-state index is 0.431. The van der Waals surface area contributed by atoms with Crippen LogP contribution in [0, 0.1) is 11.8 Å². The van der Waals surface area contributed by atoms with Crippen molar-refractivity contribution in [3.05, 3.63) is 0 Å². The molecule has 0 saturated heterocycles. The van der Waals surface area contributed by atoms with Gasteiger partial charge in [0.25, 0.3) is 0 Å². The Hall–Kier alpha value is -0.600. The van der Waals surface area contributed by atoms with Gasteiger partial charge in [0.05, 0.1) is 12.1 Å². The third kappa shape index (κ3) is 5.05. The van der Waals surface area contributed by atoms with Crippen LogP contribution in [0.1, 0.15) is 60.3 Å². The molecule has 17 heavy (non-hydrogen) atoms. The molecule has 100 valence electrons. The molecule has 1 heterocycles. The van der Waals surface area contributed by atoms with Gasteiger partial charge < -0.3 is 0 Å². The first-order valence-electron chi connectivity index (χ1n) is 7.18. The van der Waals surface area contributed by atoms with Crippen molar-refractivity contribution in [2.45, 2.75) is 72.4 Å². The van der Waals surface area contributed by atoms with Crippen molar-refractivity contribution in [1.82, 2.24) is 5.01 Å². The maximum absolute atomic E-state index is 4.42. The molecule has 0 aliphatic carbocycles. The fraction of sp³-hybridized carbons (Fsp3) is 1.00. The second-order valence-electron chi connectivity index (χ2n) is 6.21. The molecule has 0 bridgehead atoms. The van der Waals surface area contributed by atoms with Gasteiger partial charge in [0.2, 0.25) is 0 Å².